The summed E-state index contributed by atoms with van der Waals surface area (Å²) in [6, 6.07) is 15.0. The van der Waals surface area contributed by atoms with E-state index >= 15 is 0 Å². The molecule has 1 fully saturated rings. The van der Waals surface area contributed by atoms with Crippen molar-refractivity contribution < 1.29 is 13.5 Å². The number of benzene rings is 2. The van der Waals surface area contributed by atoms with Gasteiger partial charge in [-0.2, -0.15) is 5.26 Å². The smallest absolute Gasteiger partial charge is 0.167 e. The van der Waals surface area contributed by atoms with E-state index in [1.807, 2.05) is 30.3 Å². The van der Waals surface area contributed by atoms with Crippen LogP contribution in [-0.2, 0) is 0 Å². The zero-order valence-electron chi connectivity index (χ0n) is 14.5. The number of fused-ring (bicyclic) bond motifs is 1. The third-order valence-corrected chi connectivity index (χ3v) is 4.78. The maximum absolute atomic E-state index is 13.8. The molecule has 0 amide bonds. The van der Waals surface area contributed by atoms with E-state index in [1.165, 1.54) is 12.1 Å². The quantitative estimate of drug-likeness (QED) is 0.689. The molecule has 0 aliphatic carbocycles. The predicted octanol–water partition coefficient (Wildman–Crippen LogP) is 4.43. The molecule has 0 spiro atoms. The predicted molar refractivity (Wildman–Crippen MR) is 98.7 cm³/mol. The van der Waals surface area contributed by atoms with Gasteiger partial charge in [0.15, 0.2) is 11.6 Å². The Balaban J connectivity index is 1.51. The highest BCUT2D eigenvalue weighted by Crippen LogP contribution is 2.30. The summed E-state index contributed by atoms with van der Waals surface area (Å²) in [5.74, 6) is -1.22. The Bertz CT molecular complexity index is 1020. The highest BCUT2D eigenvalue weighted by Gasteiger charge is 2.23. The van der Waals surface area contributed by atoms with E-state index in [0.717, 1.165) is 22.7 Å². The summed E-state index contributed by atoms with van der Waals surface area (Å²) in [6.07, 6.45) is 1.27. The minimum atomic E-state index is -0.684. The minimum Gasteiger partial charge on any atom is -0.487 e. The van der Waals surface area contributed by atoms with Gasteiger partial charge in [-0.3, -0.25) is 0 Å². The zero-order chi connectivity index (χ0) is 18.8. The number of piperidine rings is 1. The number of pyridine rings is 1. The van der Waals surface area contributed by atoms with Crippen LogP contribution in [0.4, 0.5) is 14.5 Å². The number of hydrogen-bond acceptors (Lipinski definition) is 4. The average molecular weight is 365 g/mol. The Kier molecular flexibility index (Phi) is 4.59. The normalized spacial score (nSPS) is 14.9. The Morgan fingerprint density at radius 3 is 2.59 bits per heavy atom. The second kappa shape index (κ2) is 7.20. The first-order valence-corrected chi connectivity index (χ1v) is 8.80. The third kappa shape index (κ3) is 3.54. The van der Waals surface area contributed by atoms with Crippen molar-refractivity contribution in [2.45, 2.75) is 18.9 Å². The van der Waals surface area contributed by atoms with Crippen LogP contribution >= 0.6 is 0 Å². The summed E-state index contributed by atoms with van der Waals surface area (Å²) in [5.41, 5.74) is 2.15. The van der Waals surface area contributed by atoms with Gasteiger partial charge in [0.2, 0.25) is 0 Å². The van der Waals surface area contributed by atoms with Gasteiger partial charge in [0.05, 0.1) is 5.52 Å². The van der Waals surface area contributed by atoms with Gasteiger partial charge in [-0.1, -0.05) is 18.2 Å². The van der Waals surface area contributed by atoms with Gasteiger partial charge in [0.1, 0.15) is 23.7 Å². The van der Waals surface area contributed by atoms with Crippen molar-refractivity contribution in [3.05, 3.63) is 65.9 Å². The van der Waals surface area contributed by atoms with Crippen LogP contribution in [-0.4, -0.2) is 24.2 Å². The Morgan fingerprint density at radius 2 is 1.85 bits per heavy atom. The van der Waals surface area contributed by atoms with Gasteiger partial charge in [0, 0.05) is 43.1 Å². The Hall–Kier alpha value is -3.20. The molecule has 1 aliphatic rings. The fourth-order valence-electron chi connectivity index (χ4n) is 3.44. The van der Waals surface area contributed by atoms with E-state index in [4.69, 9.17) is 4.74 Å². The Morgan fingerprint density at radius 1 is 1.07 bits per heavy atom. The molecule has 136 valence electrons. The summed E-state index contributed by atoms with van der Waals surface area (Å²) < 4.78 is 32.5. The maximum Gasteiger partial charge on any atom is 0.167 e. The number of nitrogens with zero attached hydrogens (tertiary/aromatic N) is 3. The number of hydrogen-bond donors (Lipinski definition) is 0. The molecule has 2 aromatic carbocycles. The molecule has 0 bridgehead atoms. The molecule has 0 atom stereocenters. The number of anilines is 1. The van der Waals surface area contributed by atoms with Crippen molar-refractivity contribution >= 4 is 16.6 Å². The first-order chi connectivity index (χ1) is 13.1. The number of para-hydroxylation sites is 1. The van der Waals surface area contributed by atoms with E-state index in [0.29, 0.717) is 31.6 Å². The summed E-state index contributed by atoms with van der Waals surface area (Å²) in [7, 11) is 0. The zero-order valence-corrected chi connectivity index (χ0v) is 14.5. The minimum absolute atomic E-state index is 0.0796. The number of aromatic nitrogens is 1. The molecule has 6 heteroatoms. The van der Waals surface area contributed by atoms with E-state index in [1.54, 1.807) is 0 Å². The van der Waals surface area contributed by atoms with Gasteiger partial charge in [-0.15, -0.1) is 0 Å². The molecule has 0 N–H and O–H groups in total. The summed E-state index contributed by atoms with van der Waals surface area (Å²) >= 11 is 0. The molecule has 4 rings (SSSR count). The van der Waals surface area contributed by atoms with Crippen LogP contribution in [0.5, 0.6) is 5.75 Å². The highest BCUT2D eigenvalue weighted by atomic mass is 19.1. The molecule has 1 saturated heterocycles. The van der Waals surface area contributed by atoms with Crippen LogP contribution in [0.15, 0.2) is 48.5 Å². The van der Waals surface area contributed by atoms with Crippen molar-refractivity contribution in [1.82, 2.24) is 4.98 Å². The first-order valence-electron chi connectivity index (χ1n) is 8.80. The third-order valence-electron chi connectivity index (χ3n) is 4.78. The lowest BCUT2D eigenvalue weighted by atomic mass is 10.0. The molecule has 0 unspecified atom stereocenters. The summed E-state index contributed by atoms with van der Waals surface area (Å²) in [4.78, 5) is 6.55. The van der Waals surface area contributed by atoms with E-state index in [9.17, 15) is 14.0 Å². The number of halogens is 2. The lowest BCUT2D eigenvalue weighted by molar-refractivity contribution is 0.163. The van der Waals surface area contributed by atoms with Crippen LogP contribution in [0.1, 0.15) is 18.5 Å². The number of nitriles is 1. The van der Waals surface area contributed by atoms with Crippen molar-refractivity contribution in [3.63, 3.8) is 0 Å². The van der Waals surface area contributed by atoms with Gasteiger partial charge >= 0.3 is 0 Å². The SMILES string of the molecule is N#Cc1cc(N2CCC(Oc3ccc(F)cc3F)CC2)c2ccccc2n1. The van der Waals surface area contributed by atoms with Crippen LogP contribution in [0.2, 0.25) is 0 Å². The van der Waals surface area contributed by atoms with Gasteiger partial charge in [0.25, 0.3) is 0 Å². The van der Waals surface area contributed by atoms with Crippen LogP contribution in [0.3, 0.4) is 0 Å². The standard InChI is InChI=1S/C21H17F2N3O/c22-14-5-6-21(18(23)11-14)27-16-7-9-26(10-8-16)20-12-15(13-24)25-19-4-2-1-3-17(19)20/h1-6,11-12,16H,7-10H2. The monoisotopic (exact) mass is 365 g/mol. The molecular formula is C21H17F2N3O. The van der Waals surface area contributed by atoms with E-state index in [2.05, 4.69) is 16.0 Å². The highest BCUT2D eigenvalue weighted by molar-refractivity contribution is 5.92. The van der Waals surface area contributed by atoms with Crippen molar-refractivity contribution in [2.24, 2.45) is 0 Å². The molecule has 2 heterocycles. The van der Waals surface area contributed by atoms with E-state index < -0.39 is 11.6 Å². The maximum atomic E-state index is 13.8. The van der Waals surface area contributed by atoms with Crippen LogP contribution < -0.4 is 9.64 Å². The number of ether oxygens (including phenoxy) is 1. The molecule has 3 aromatic rings. The topological polar surface area (TPSA) is 49.2 Å². The molecule has 0 saturated carbocycles. The van der Waals surface area contributed by atoms with E-state index in [-0.39, 0.29) is 11.9 Å². The Labute approximate surface area is 155 Å². The molecule has 1 aromatic heterocycles. The fourth-order valence-corrected chi connectivity index (χ4v) is 3.44. The summed E-state index contributed by atoms with van der Waals surface area (Å²) in [5, 5.41) is 10.3. The molecule has 0 radical (unpaired) electrons. The molecule has 4 nitrogen and oxygen atoms in total. The molecule has 1 aliphatic heterocycles. The van der Waals surface area contributed by atoms with Crippen LogP contribution in [0.25, 0.3) is 10.9 Å². The van der Waals surface area contributed by atoms with Gasteiger partial charge < -0.3 is 9.64 Å². The van der Waals surface area contributed by atoms with Gasteiger partial charge in [-0.05, 0) is 24.3 Å². The fraction of sp³-hybridized carbons (Fsp3) is 0.238. The van der Waals surface area contributed by atoms with Crippen LogP contribution in [0, 0.1) is 23.0 Å². The molecular weight excluding hydrogens is 348 g/mol. The van der Waals surface area contributed by atoms with Crippen molar-refractivity contribution in [2.75, 3.05) is 18.0 Å². The lowest BCUT2D eigenvalue weighted by Gasteiger charge is -2.34. The molecule has 27 heavy (non-hydrogen) atoms. The van der Waals surface area contributed by atoms with Gasteiger partial charge in [-0.25, -0.2) is 13.8 Å². The second-order valence-electron chi connectivity index (χ2n) is 6.53. The summed E-state index contributed by atoms with van der Waals surface area (Å²) in [6.45, 7) is 1.43. The van der Waals surface area contributed by atoms with Crippen molar-refractivity contribution in [3.8, 4) is 11.8 Å². The second-order valence-corrected chi connectivity index (χ2v) is 6.53. The largest absolute Gasteiger partial charge is 0.487 e. The first kappa shape index (κ1) is 17.2. The average Bonchev–Trinajstić information content (AvgIpc) is 2.70. The number of rotatable bonds is 3. The van der Waals surface area contributed by atoms with Crippen molar-refractivity contribution in [1.29, 1.82) is 5.26 Å². The lowest BCUT2D eigenvalue weighted by Crippen LogP contribution is -2.38.